The van der Waals surface area contributed by atoms with Crippen LogP contribution in [0.5, 0.6) is 0 Å². The van der Waals surface area contributed by atoms with Crippen molar-refractivity contribution >= 4 is 5.97 Å². The van der Waals surface area contributed by atoms with Crippen LogP contribution in [-0.2, 0) is 11.3 Å². The molecule has 0 amide bonds. The Labute approximate surface area is 91.5 Å². The number of aromatic nitrogens is 2. The molecule has 2 N–H and O–H groups in total. The van der Waals surface area contributed by atoms with Crippen LogP contribution in [-0.4, -0.2) is 20.9 Å². The SMILES string of the molecule is Cc1c(C)c(=O)n(CCCC(=O)O)[nH]c1=O. The quantitative estimate of drug-likeness (QED) is 0.756. The number of rotatable bonds is 4. The predicted octanol–water partition coefficient (Wildman–Crippen LogP) is 0.0182. The van der Waals surface area contributed by atoms with Gasteiger partial charge in [0.1, 0.15) is 0 Å². The van der Waals surface area contributed by atoms with E-state index in [0.717, 1.165) is 4.68 Å². The Bertz CT molecular complexity index is 513. The van der Waals surface area contributed by atoms with Crippen molar-refractivity contribution in [3.63, 3.8) is 0 Å². The van der Waals surface area contributed by atoms with Gasteiger partial charge in [0.05, 0.1) is 0 Å². The van der Waals surface area contributed by atoms with Gasteiger partial charge in [-0.15, -0.1) is 0 Å². The van der Waals surface area contributed by atoms with E-state index in [2.05, 4.69) is 5.10 Å². The van der Waals surface area contributed by atoms with Gasteiger partial charge < -0.3 is 5.11 Å². The monoisotopic (exact) mass is 226 g/mol. The van der Waals surface area contributed by atoms with Crippen molar-refractivity contribution in [1.82, 2.24) is 9.78 Å². The zero-order valence-electron chi connectivity index (χ0n) is 9.24. The third kappa shape index (κ3) is 2.59. The molecular formula is C10H14N2O4. The number of aromatic amines is 1. The summed E-state index contributed by atoms with van der Waals surface area (Å²) < 4.78 is 1.16. The molecule has 0 spiro atoms. The molecule has 0 radical (unpaired) electrons. The zero-order chi connectivity index (χ0) is 12.3. The molecule has 0 unspecified atom stereocenters. The number of hydrogen-bond donors (Lipinski definition) is 2. The lowest BCUT2D eigenvalue weighted by molar-refractivity contribution is -0.137. The second-order valence-corrected chi connectivity index (χ2v) is 3.65. The molecule has 0 saturated heterocycles. The summed E-state index contributed by atoms with van der Waals surface area (Å²) in [6, 6.07) is 0. The van der Waals surface area contributed by atoms with Crippen molar-refractivity contribution in [3.05, 3.63) is 31.8 Å². The van der Waals surface area contributed by atoms with E-state index in [4.69, 9.17) is 5.11 Å². The molecule has 0 bridgehead atoms. The van der Waals surface area contributed by atoms with Crippen LogP contribution in [0.1, 0.15) is 24.0 Å². The minimum absolute atomic E-state index is 0.0264. The normalized spacial score (nSPS) is 10.4. The molecule has 0 aromatic carbocycles. The Morgan fingerprint density at radius 1 is 1.31 bits per heavy atom. The van der Waals surface area contributed by atoms with Gasteiger partial charge in [0.25, 0.3) is 11.1 Å². The number of aliphatic carboxylic acids is 1. The van der Waals surface area contributed by atoms with Crippen molar-refractivity contribution in [2.45, 2.75) is 33.2 Å². The van der Waals surface area contributed by atoms with E-state index < -0.39 is 5.97 Å². The number of nitrogens with zero attached hydrogens (tertiary/aromatic N) is 1. The number of carboxylic acid groups (broad SMARTS) is 1. The summed E-state index contributed by atoms with van der Waals surface area (Å²) in [5.74, 6) is -0.917. The molecule has 1 aromatic heterocycles. The average Bonchev–Trinajstić information content (AvgIpc) is 2.22. The summed E-state index contributed by atoms with van der Waals surface area (Å²) in [6.07, 6.45) is 0.287. The van der Waals surface area contributed by atoms with E-state index in [1.807, 2.05) is 0 Å². The number of hydrogen-bond acceptors (Lipinski definition) is 3. The molecule has 6 heteroatoms. The predicted molar refractivity (Wildman–Crippen MR) is 57.7 cm³/mol. The lowest BCUT2D eigenvalue weighted by atomic mass is 10.2. The second kappa shape index (κ2) is 4.78. The summed E-state index contributed by atoms with van der Waals surface area (Å²) in [5.41, 5.74) is 0.216. The number of aryl methyl sites for hydroxylation is 1. The van der Waals surface area contributed by atoms with Gasteiger partial charge in [0.15, 0.2) is 0 Å². The van der Waals surface area contributed by atoms with E-state index in [9.17, 15) is 14.4 Å². The van der Waals surface area contributed by atoms with Crippen LogP contribution in [0.2, 0.25) is 0 Å². The average molecular weight is 226 g/mol. The topological polar surface area (TPSA) is 92.2 Å². The highest BCUT2D eigenvalue weighted by Gasteiger charge is 2.07. The Morgan fingerprint density at radius 3 is 2.50 bits per heavy atom. The molecule has 0 saturated carbocycles. The Kier molecular flexibility index (Phi) is 3.65. The standard InChI is InChI=1S/C10H14N2O4/c1-6-7(2)10(16)12(11-9(6)15)5-3-4-8(13)14/h3-5H2,1-2H3,(H,11,15)(H,13,14). The number of carbonyl (C=O) groups is 1. The van der Waals surface area contributed by atoms with Gasteiger partial charge in [-0.3, -0.25) is 24.2 Å². The fourth-order valence-corrected chi connectivity index (χ4v) is 1.34. The van der Waals surface area contributed by atoms with Crippen LogP contribution in [0, 0.1) is 13.8 Å². The van der Waals surface area contributed by atoms with Crippen molar-refractivity contribution < 1.29 is 9.90 Å². The zero-order valence-corrected chi connectivity index (χ0v) is 9.24. The first kappa shape index (κ1) is 12.2. The number of H-pyrrole nitrogens is 1. The first-order chi connectivity index (χ1) is 7.43. The highest BCUT2D eigenvalue weighted by atomic mass is 16.4. The molecule has 0 aliphatic carbocycles. The van der Waals surface area contributed by atoms with Crippen molar-refractivity contribution in [1.29, 1.82) is 0 Å². The first-order valence-electron chi connectivity index (χ1n) is 4.95. The Hall–Kier alpha value is -1.85. The summed E-state index contributed by atoms with van der Waals surface area (Å²) in [5, 5.41) is 10.9. The van der Waals surface area contributed by atoms with Crippen LogP contribution >= 0.6 is 0 Å². The smallest absolute Gasteiger partial charge is 0.303 e. The number of carboxylic acids is 1. The van der Waals surface area contributed by atoms with Gasteiger partial charge in [-0.25, -0.2) is 0 Å². The molecule has 0 atom stereocenters. The van der Waals surface area contributed by atoms with E-state index in [0.29, 0.717) is 17.5 Å². The lowest BCUT2D eigenvalue weighted by Crippen LogP contribution is -2.33. The Balaban J connectivity index is 2.94. The molecule has 1 heterocycles. The van der Waals surface area contributed by atoms with E-state index in [1.54, 1.807) is 13.8 Å². The highest BCUT2D eigenvalue weighted by molar-refractivity contribution is 5.66. The summed E-state index contributed by atoms with van der Waals surface area (Å²) in [4.78, 5) is 33.3. The summed E-state index contributed by atoms with van der Waals surface area (Å²) in [7, 11) is 0. The van der Waals surface area contributed by atoms with E-state index in [1.165, 1.54) is 0 Å². The molecule has 6 nitrogen and oxygen atoms in total. The molecule has 88 valence electrons. The second-order valence-electron chi connectivity index (χ2n) is 3.65. The maximum Gasteiger partial charge on any atom is 0.303 e. The largest absolute Gasteiger partial charge is 0.481 e. The fourth-order valence-electron chi connectivity index (χ4n) is 1.34. The van der Waals surface area contributed by atoms with Crippen molar-refractivity contribution in [2.24, 2.45) is 0 Å². The minimum atomic E-state index is -0.917. The third-order valence-electron chi connectivity index (χ3n) is 2.48. The minimum Gasteiger partial charge on any atom is -0.481 e. The summed E-state index contributed by atoms with van der Waals surface area (Å²) in [6.45, 7) is 3.37. The first-order valence-corrected chi connectivity index (χ1v) is 4.95. The van der Waals surface area contributed by atoms with Crippen LogP contribution in [0.15, 0.2) is 9.59 Å². The van der Waals surface area contributed by atoms with Gasteiger partial charge in [-0.2, -0.15) is 0 Å². The van der Waals surface area contributed by atoms with Crippen LogP contribution in [0.4, 0.5) is 0 Å². The Morgan fingerprint density at radius 2 is 1.94 bits per heavy atom. The van der Waals surface area contributed by atoms with E-state index in [-0.39, 0.29) is 24.1 Å². The molecule has 16 heavy (non-hydrogen) atoms. The van der Waals surface area contributed by atoms with Gasteiger partial charge in [-0.1, -0.05) is 0 Å². The lowest BCUT2D eigenvalue weighted by Gasteiger charge is -2.06. The number of nitrogens with one attached hydrogen (secondary N) is 1. The fraction of sp³-hybridized carbons (Fsp3) is 0.500. The molecule has 1 aromatic rings. The molecule has 0 fully saturated rings. The molecular weight excluding hydrogens is 212 g/mol. The summed E-state index contributed by atoms with van der Waals surface area (Å²) >= 11 is 0. The van der Waals surface area contributed by atoms with E-state index >= 15 is 0 Å². The van der Waals surface area contributed by atoms with Gasteiger partial charge >= 0.3 is 5.97 Å². The van der Waals surface area contributed by atoms with Gasteiger partial charge in [0, 0.05) is 24.1 Å². The van der Waals surface area contributed by atoms with Gasteiger partial charge in [-0.05, 0) is 20.3 Å². The van der Waals surface area contributed by atoms with Crippen LogP contribution in [0.3, 0.4) is 0 Å². The maximum absolute atomic E-state index is 11.7. The molecule has 0 aliphatic heterocycles. The molecule has 1 rings (SSSR count). The molecule has 0 aliphatic rings. The third-order valence-corrected chi connectivity index (χ3v) is 2.48. The van der Waals surface area contributed by atoms with Gasteiger partial charge in [0.2, 0.25) is 0 Å². The van der Waals surface area contributed by atoms with Crippen LogP contribution in [0.25, 0.3) is 0 Å². The van der Waals surface area contributed by atoms with Crippen molar-refractivity contribution in [3.8, 4) is 0 Å². The van der Waals surface area contributed by atoms with Crippen molar-refractivity contribution in [2.75, 3.05) is 0 Å². The maximum atomic E-state index is 11.7. The highest BCUT2D eigenvalue weighted by Crippen LogP contribution is 1.94. The van der Waals surface area contributed by atoms with Crippen LogP contribution < -0.4 is 11.1 Å².